The number of carbonyl (C=O) groups is 1. The molecule has 0 amide bonds. The van der Waals surface area contributed by atoms with Crippen LogP contribution in [0.4, 0.5) is 0 Å². The van der Waals surface area contributed by atoms with E-state index in [9.17, 15) is 14.7 Å². The molecule has 9 nitrogen and oxygen atoms in total. The van der Waals surface area contributed by atoms with Crippen LogP contribution in [0.15, 0.2) is 63.9 Å². The lowest BCUT2D eigenvalue weighted by Crippen LogP contribution is -2.30. The molecule has 1 N–H and O–H groups in total. The second kappa shape index (κ2) is 11.2. The van der Waals surface area contributed by atoms with E-state index in [4.69, 9.17) is 18.6 Å². The van der Waals surface area contributed by atoms with Crippen LogP contribution >= 0.6 is 0 Å². The molecule has 1 aliphatic heterocycles. The fourth-order valence-electron chi connectivity index (χ4n) is 5.09. The second-order valence-electron chi connectivity index (χ2n) is 9.51. The number of carbonyl (C=O) groups excluding carboxylic acids is 1. The van der Waals surface area contributed by atoms with Crippen LogP contribution in [0, 0.1) is 0 Å². The van der Waals surface area contributed by atoms with Crippen LogP contribution in [0.5, 0.6) is 17.2 Å². The maximum atomic E-state index is 12.9. The molecule has 0 spiro atoms. The van der Waals surface area contributed by atoms with Crippen LogP contribution in [0.1, 0.15) is 40.5 Å². The van der Waals surface area contributed by atoms with Crippen molar-refractivity contribution in [3.63, 3.8) is 0 Å². The summed E-state index contributed by atoms with van der Waals surface area (Å²) in [7, 11) is 4.52. The van der Waals surface area contributed by atoms with Crippen molar-refractivity contribution < 1.29 is 28.5 Å². The molecule has 0 bridgehead atoms. The third-order valence-corrected chi connectivity index (χ3v) is 7.12. The molecule has 4 aromatic rings. The van der Waals surface area contributed by atoms with Crippen molar-refractivity contribution in [1.29, 1.82) is 0 Å². The number of ether oxygens (including phenoxy) is 3. The lowest BCUT2D eigenvalue weighted by atomic mass is 9.91. The molecule has 0 saturated carbocycles. The minimum absolute atomic E-state index is 0.0370. The van der Waals surface area contributed by atoms with Gasteiger partial charge in [-0.05, 0) is 53.4 Å². The van der Waals surface area contributed by atoms with Crippen LogP contribution in [0.2, 0.25) is 0 Å². The van der Waals surface area contributed by atoms with Gasteiger partial charge in [0.15, 0.2) is 17.3 Å². The number of methoxy groups -OCH3 is 3. The summed E-state index contributed by atoms with van der Waals surface area (Å²) in [4.78, 5) is 31.8. The molecule has 0 saturated heterocycles. The van der Waals surface area contributed by atoms with Gasteiger partial charge in [-0.1, -0.05) is 12.1 Å². The number of aromatic nitrogens is 1. The summed E-state index contributed by atoms with van der Waals surface area (Å²) in [5, 5.41) is 11.6. The molecule has 3 heterocycles. The lowest BCUT2D eigenvalue weighted by Gasteiger charge is -2.29. The second-order valence-corrected chi connectivity index (χ2v) is 9.51. The predicted octanol–water partition coefficient (Wildman–Crippen LogP) is 4.16. The molecular weight excluding hydrogens is 500 g/mol. The Kier molecular flexibility index (Phi) is 7.51. The summed E-state index contributed by atoms with van der Waals surface area (Å²) >= 11 is 0. The van der Waals surface area contributed by atoms with Gasteiger partial charge in [0.05, 0.1) is 45.7 Å². The van der Waals surface area contributed by atoms with Gasteiger partial charge in [0, 0.05) is 30.7 Å². The lowest BCUT2D eigenvalue weighted by molar-refractivity contribution is -0.140. The fourth-order valence-corrected chi connectivity index (χ4v) is 5.09. The maximum Gasteiger partial charge on any atom is 0.306 e. The Morgan fingerprint density at radius 1 is 1.08 bits per heavy atom. The van der Waals surface area contributed by atoms with Crippen LogP contribution in [-0.4, -0.2) is 48.8 Å². The summed E-state index contributed by atoms with van der Waals surface area (Å²) in [6.45, 7) is 1.72. The SMILES string of the molecule is COC(=O)C[C@@H](c1ccc2ncccc2c1)c1oc(CN2CCc3cc(OC)c(OC)cc3C2)cc(=O)c1O. The molecule has 0 radical (unpaired) electrons. The van der Waals surface area contributed by atoms with Crippen LogP contribution < -0.4 is 14.9 Å². The van der Waals surface area contributed by atoms with Crippen LogP contribution in [0.25, 0.3) is 10.9 Å². The molecule has 1 atom stereocenters. The van der Waals surface area contributed by atoms with Crippen molar-refractivity contribution in [3.8, 4) is 17.2 Å². The molecule has 5 rings (SSSR count). The topological polar surface area (TPSA) is 111 Å². The molecule has 1 aliphatic rings. The van der Waals surface area contributed by atoms with E-state index in [-0.39, 0.29) is 12.2 Å². The highest BCUT2D eigenvalue weighted by molar-refractivity contribution is 5.80. The minimum Gasteiger partial charge on any atom is -0.502 e. The zero-order valence-electron chi connectivity index (χ0n) is 22.1. The quantitative estimate of drug-likeness (QED) is 0.336. The Labute approximate surface area is 225 Å². The number of esters is 1. The largest absolute Gasteiger partial charge is 0.502 e. The Balaban J connectivity index is 1.48. The molecule has 9 heteroatoms. The van der Waals surface area contributed by atoms with Gasteiger partial charge in [0.25, 0.3) is 0 Å². The molecule has 0 aliphatic carbocycles. The van der Waals surface area contributed by atoms with Crippen molar-refractivity contribution in [2.75, 3.05) is 27.9 Å². The number of rotatable bonds is 8. The molecule has 2 aromatic heterocycles. The highest BCUT2D eigenvalue weighted by Crippen LogP contribution is 2.36. The number of pyridine rings is 1. The van der Waals surface area contributed by atoms with Crippen molar-refractivity contribution in [1.82, 2.24) is 9.88 Å². The zero-order valence-corrected chi connectivity index (χ0v) is 22.1. The molecular formula is C30H30N2O7. The Hall–Kier alpha value is -4.37. The molecule has 39 heavy (non-hydrogen) atoms. The molecule has 0 fully saturated rings. The van der Waals surface area contributed by atoms with E-state index in [0.29, 0.717) is 35.9 Å². The van der Waals surface area contributed by atoms with Crippen LogP contribution in [0.3, 0.4) is 0 Å². The summed E-state index contributed by atoms with van der Waals surface area (Å²) in [6, 6.07) is 14.5. The van der Waals surface area contributed by atoms with Gasteiger partial charge < -0.3 is 23.7 Å². The normalized spacial score (nSPS) is 14.0. The van der Waals surface area contributed by atoms with Gasteiger partial charge in [-0.2, -0.15) is 0 Å². The smallest absolute Gasteiger partial charge is 0.306 e. The third-order valence-electron chi connectivity index (χ3n) is 7.12. The highest BCUT2D eigenvalue weighted by atomic mass is 16.5. The average molecular weight is 531 g/mol. The Morgan fingerprint density at radius 2 is 1.85 bits per heavy atom. The standard InChI is InChI=1S/C30H30N2O7/c1-36-26-12-18-8-10-32(16-21(18)13-27(26)37-2)17-22-14-25(33)29(35)30(39-22)23(15-28(34)38-3)19-6-7-24-20(11-19)5-4-9-31-24/h4-7,9,11-14,23,35H,8,10,15-17H2,1-3H3/t23-/m0/s1. The van der Waals surface area contributed by atoms with E-state index in [1.807, 2.05) is 42.5 Å². The fraction of sp³-hybridized carbons (Fsp3) is 0.300. The van der Waals surface area contributed by atoms with Crippen molar-refractivity contribution >= 4 is 16.9 Å². The number of hydrogen-bond donors (Lipinski definition) is 1. The molecule has 0 unspecified atom stereocenters. The van der Waals surface area contributed by atoms with E-state index in [2.05, 4.69) is 9.88 Å². The average Bonchev–Trinajstić information content (AvgIpc) is 2.96. The number of benzene rings is 2. The molecule has 202 valence electrons. The first-order valence-corrected chi connectivity index (χ1v) is 12.6. The number of nitrogens with zero attached hydrogens (tertiary/aromatic N) is 2. The number of hydrogen-bond acceptors (Lipinski definition) is 9. The van der Waals surface area contributed by atoms with Crippen molar-refractivity contribution in [2.45, 2.75) is 31.8 Å². The Morgan fingerprint density at radius 3 is 2.59 bits per heavy atom. The molecule has 2 aromatic carbocycles. The van der Waals surface area contributed by atoms with Gasteiger partial charge in [0.1, 0.15) is 5.76 Å². The first kappa shape index (κ1) is 26.2. The first-order valence-electron chi connectivity index (χ1n) is 12.6. The van der Waals surface area contributed by atoms with E-state index in [1.165, 1.54) is 18.7 Å². The summed E-state index contributed by atoms with van der Waals surface area (Å²) in [5.74, 6) is 0.0563. The summed E-state index contributed by atoms with van der Waals surface area (Å²) in [5.41, 5.74) is 3.21. The van der Waals surface area contributed by atoms with Crippen molar-refractivity contribution in [3.05, 3.63) is 93.2 Å². The van der Waals surface area contributed by atoms with E-state index in [1.54, 1.807) is 20.4 Å². The van der Waals surface area contributed by atoms with Gasteiger partial charge >= 0.3 is 5.97 Å². The summed E-state index contributed by atoms with van der Waals surface area (Å²) in [6.07, 6.45) is 2.38. The third kappa shape index (κ3) is 5.44. The number of fused-ring (bicyclic) bond motifs is 2. The maximum absolute atomic E-state index is 12.9. The summed E-state index contributed by atoms with van der Waals surface area (Å²) < 4.78 is 22.0. The van der Waals surface area contributed by atoms with Crippen LogP contribution in [-0.2, 0) is 29.0 Å². The van der Waals surface area contributed by atoms with Gasteiger partial charge in [-0.25, -0.2) is 0 Å². The predicted molar refractivity (Wildman–Crippen MR) is 144 cm³/mol. The monoisotopic (exact) mass is 530 g/mol. The number of aromatic hydroxyl groups is 1. The van der Waals surface area contributed by atoms with Crippen molar-refractivity contribution in [2.24, 2.45) is 0 Å². The highest BCUT2D eigenvalue weighted by Gasteiger charge is 2.28. The van der Waals surface area contributed by atoms with Gasteiger partial charge in [0.2, 0.25) is 11.2 Å². The van der Waals surface area contributed by atoms with E-state index < -0.39 is 23.1 Å². The van der Waals surface area contributed by atoms with E-state index in [0.717, 1.165) is 29.4 Å². The van der Waals surface area contributed by atoms with Gasteiger partial charge in [-0.3, -0.25) is 19.5 Å². The Bertz CT molecular complexity index is 1580. The minimum atomic E-state index is -0.728. The van der Waals surface area contributed by atoms with E-state index >= 15 is 0 Å². The zero-order chi connectivity index (χ0) is 27.5. The first-order chi connectivity index (χ1) is 18.9. The van der Waals surface area contributed by atoms with Gasteiger partial charge in [-0.15, -0.1) is 0 Å².